The molecule has 1 saturated heterocycles. The molecule has 2 aromatic carbocycles. The molecule has 2 N–H and O–H groups in total. The molecule has 1 atom stereocenters. The third-order valence-corrected chi connectivity index (χ3v) is 7.50. The van der Waals surface area contributed by atoms with Crippen molar-refractivity contribution in [3.05, 3.63) is 70.3 Å². The predicted molar refractivity (Wildman–Crippen MR) is 122 cm³/mol. The first-order valence-electron chi connectivity index (χ1n) is 10.6. The van der Waals surface area contributed by atoms with Gasteiger partial charge < -0.3 is 15.0 Å². The van der Waals surface area contributed by atoms with Crippen LogP contribution in [0.4, 0.5) is 10.1 Å². The first kappa shape index (κ1) is 22.9. The van der Waals surface area contributed by atoms with E-state index < -0.39 is 27.2 Å². The summed E-state index contributed by atoms with van der Waals surface area (Å²) >= 11 is 0. The van der Waals surface area contributed by atoms with Crippen LogP contribution in [-0.2, 0) is 14.8 Å². The molecule has 1 fully saturated rings. The smallest absolute Gasteiger partial charge is 0.264 e. The third kappa shape index (κ3) is 4.62. The Morgan fingerprint density at radius 3 is 2.67 bits per heavy atom. The van der Waals surface area contributed by atoms with Gasteiger partial charge in [0.25, 0.3) is 15.9 Å². The molecule has 0 radical (unpaired) electrons. The molecule has 2 heterocycles. The highest BCUT2D eigenvalue weighted by Crippen LogP contribution is 2.25. The monoisotopic (exact) mass is 473 g/mol. The number of nitrogens with one attached hydrogen (secondary N) is 2. The summed E-state index contributed by atoms with van der Waals surface area (Å²) in [7, 11) is -4.04. The lowest BCUT2D eigenvalue weighted by Crippen LogP contribution is -2.34. The Morgan fingerprint density at radius 1 is 1.24 bits per heavy atom. The van der Waals surface area contributed by atoms with Crippen molar-refractivity contribution in [3.63, 3.8) is 0 Å². The van der Waals surface area contributed by atoms with Gasteiger partial charge in [0.15, 0.2) is 0 Å². The van der Waals surface area contributed by atoms with Gasteiger partial charge in [-0.3, -0.25) is 13.9 Å². The summed E-state index contributed by atoms with van der Waals surface area (Å²) in [5.74, 6) is -1.03. The van der Waals surface area contributed by atoms with Crippen LogP contribution in [0.15, 0.2) is 58.4 Å². The predicted octanol–water partition coefficient (Wildman–Crippen LogP) is 2.79. The molecule has 1 unspecified atom stereocenters. The molecule has 4 rings (SSSR count). The fourth-order valence-electron chi connectivity index (χ4n) is 3.86. The Morgan fingerprint density at radius 2 is 2.00 bits per heavy atom. The SMILES string of the molecule is CCN(c1ccc(F)cc1)S(=O)(=O)c1ccc2[nH]cc(C(=O)NCC3CCCO3)c(=O)c2c1. The number of aromatic amines is 1. The Labute approximate surface area is 190 Å². The van der Waals surface area contributed by atoms with Crippen LogP contribution >= 0.6 is 0 Å². The van der Waals surface area contributed by atoms with E-state index in [9.17, 15) is 22.4 Å². The van der Waals surface area contributed by atoms with Crippen LogP contribution in [0.25, 0.3) is 10.9 Å². The fourth-order valence-corrected chi connectivity index (χ4v) is 5.36. The molecule has 1 aromatic heterocycles. The van der Waals surface area contributed by atoms with Crippen LogP contribution in [0.3, 0.4) is 0 Å². The summed E-state index contributed by atoms with van der Waals surface area (Å²) in [6, 6.07) is 9.24. The lowest BCUT2D eigenvalue weighted by molar-refractivity contribution is 0.0857. The number of halogens is 1. The van der Waals surface area contributed by atoms with Crippen molar-refractivity contribution in [2.24, 2.45) is 0 Å². The molecule has 10 heteroatoms. The van der Waals surface area contributed by atoms with Crippen molar-refractivity contribution in [2.45, 2.75) is 30.8 Å². The lowest BCUT2D eigenvalue weighted by Gasteiger charge is -2.23. The molecule has 0 spiro atoms. The number of aromatic nitrogens is 1. The topological polar surface area (TPSA) is 109 Å². The normalized spacial score (nSPS) is 16.1. The van der Waals surface area contributed by atoms with E-state index in [2.05, 4.69) is 10.3 Å². The van der Waals surface area contributed by atoms with Crippen LogP contribution < -0.4 is 15.1 Å². The second-order valence-electron chi connectivity index (χ2n) is 7.73. The third-order valence-electron chi connectivity index (χ3n) is 5.60. The number of hydrogen-bond donors (Lipinski definition) is 2. The quantitative estimate of drug-likeness (QED) is 0.549. The van der Waals surface area contributed by atoms with E-state index in [0.29, 0.717) is 24.4 Å². The van der Waals surface area contributed by atoms with Crippen molar-refractivity contribution in [3.8, 4) is 0 Å². The summed E-state index contributed by atoms with van der Waals surface area (Å²) in [6.07, 6.45) is 3.02. The average Bonchev–Trinajstić information content (AvgIpc) is 3.33. The fraction of sp³-hybridized carbons (Fsp3) is 0.304. The van der Waals surface area contributed by atoms with Crippen molar-refractivity contribution < 1.29 is 22.3 Å². The number of anilines is 1. The van der Waals surface area contributed by atoms with Crippen LogP contribution in [0.1, 0.15) is 30.1 Å². The Bertz CT molecular complexity index is 1330. The van der Waals surface area contributed by atoms with Crippen molar-refractivity contribution in [2.75, 3.05) is 24.0 Å². The molecule has 3 aromatic rings. The van der Waals surface area contributed by atoms with Gasteiger partial charge in [0.1, 0.15) is 11.4 Å². The van der Waals surface area contributed by atoms with Gasteiger partial charge in [0.2, 0.25) is 5.43 Å². The number of nitrogens with zero attached hydrogens (tertiary/aromatic N) is 1. The van der Waals surface area contributed by atoms with Gasteiger partial charge in [-0.15, -0.1) is 0 Å². The number of rotatable bonds is 7. The molecule has 33 heavy (non-hydrogen) atoms. The van der Waals surface area contributed by atoms with E-state index in [4.69, 9.17) is 4.74 Å². The molecular weight excluding hydrogens is 449 g/mol. The highest BCUT2D eigenvalue weighted by Gasteiger charge is 2.25. The summed E-state index contributed by atoms with van der Waals surface area (Å²) in [5.41, 5.74) is 0.0195. The second-order valence-corrected chi connectivity index (χ2v) is 9.59. The van der Waals surface area contributed by atoms with Gasteiger partial charge >= 0.3 is 0 Å². The van der Waals surface area contributed by atoms with Crippen molar-refractivity contribution in [1.29, 1.82) is 0 Å². The standard InChI is InChI=1S/C23H24FN3O5S/c1-2-27(16-7-5-15(24)6-8-16)33(30,31)18-9-10-21-19(12-18)22(28)20(14-25-21)23(29)26-13-17-4-3-11-32-17/h5-10,12,14,17H,2-4,11,13H2,1H3,(H,25,28)(H,26,29). The average molecular weight is 474 g/mol. The summed E-state index contributed by atoms with van der Waals surface area (Å²) in [4.78, 5) is 28.4. The summed E-state index contributed by atoms with van der Waals surface area (Å²) < 4.78 is 46.5. The molecule has 1 aliphatic heterocycles. The number of amides is 1. The van der Waals surface area contributed by atoms with Crippen LogP contribution in [0, 0.1) is 5.82 Å². The number of carbonyl (C=O) groups excluding carboxylic acids is 1. The number of fused-ring (bicyclic) bond motifs is 1. The zero-order chi connectivity index (χ0) is 23.6. The van der Waals surface area contributed by atoms with Gasteiger partial charge in [-0.25, -0.2) is 12.8 Å². The molecule has 1 aliphatic rings. The molecule has 8 nitrogen and oxygen atoms in total. The number of ether oxygens (including phenoxy) is 1. The summed E-state index contributed by atoms with van der Waals surface area (Å²) in [5, 5.41) is 2.78. The Kier molecular flexibility index (Phi) is 6.48. The van der Waals surface area contributed by atoms with E-state index in [1.807, 2.05) is 0 Å². The number of carbonyl (C=O) groups is 1. The van der Waals surface area contributed by atoms with Crippen LogP contribution in [0.2, 0.25) is 0 Å². The van der Waals surface area contributed by atoms with E-state index in [1.54, 1.807) is 6.92 Å². The van der Waals surface area contributed by atoms with E-state index in [-0.39, 0.29) is 28.5 Å². The number of pyridine rings is 1. The largest absolute Gasteiger partial charge is 0.376 e. The van der Waals surface area contributed by atoms with Gasteiger partial charge in [0.05, 0.1) is 16.7 Å². The Hall–Kier alpha value is -3.24. The van der Waals surface area contributed by atoms with E-state index in [0.717, 1.165) is 17.1 Å². The minimum Gasteiger partial charge on any atom is -0.376 e. The zero-order valence-electron chi connectivity index (χ0n) is 18.0. The molecule has 1 amide bonds. The van der Waals surface area contributed by atoms with Crippen LogP contribution in [0.5, 0.6) is 0 Å². The maximum atomic E-state index is 13.3. The van der Waals surface area contributed by atoms with Gasteiger partial charge in [0, 0.05) is 36.8 Å². The number of H-pyrrole nitrogens is 1. The van der Waals surface area contributed by atoms with Gasteiger partial charge in [-0.05, 0) is 62.2 Å². The van der Waals surface area contributed by atoms with E-state index >= 15 is 0 Å². The van der Waals surface area contributed by atoms with Crippen molar-refractivity contribution in [1.82, 2.24) is 10.3 Å². The maximum Gasteiger partial charge on any atom is 0.264 e. The first-order valence-corrected chi connectivity index (χ1v) is 12.1. The summed E-state index contributed by atoms with van der Waals surface area (Å²) in [6.45, 7) is 2.72. The second kappa shape index (κ2) is 9.32. The maximum absolute atomic E-state index is 13.3. The number of hydrogen-bond acceptors (Lipinski definition) is 5. The molecule has 0 aliphatic carbocycles. The molecular formula is C23H24FN3O5S. The number of benzene rings is 2. The minimum atomic E-state index is -4.04. The van der Waals surface area contributed by atoms with E-state index in [1.165, 1.54) is 48.7 Å². The minimum absolute atomic E-state index is 0.0725. The highest BCUT2D eigenvalue weighted by atomic mass is 32.2. The first-order chi connectivity index (χ1) is 15.8. The Balaban J connectivity index is 1.67. The molecule has 0 bridgehead atoms. The zero-order valence-corrected chi connectivity index (χ0v) is 18.8. The van der Waals surface area contributed by atoms with Crippen molar-refractivity contribution >= 4 is 32.5 Å². The highest BCUT2D eigenvalue weighted by molar-refractivity contribution is 7.92. The van der Waals surface area contributed by atoms with Gasteiger partial charge in [-0.1, -0.05) is 0 Å². The molecule has 0 saturated carbocycles. The lowest BCUT2D eigenvalue weighted by atomic mass is 10.1. The van der Waals surface area contributed by atoms with Gasteiger partial charge in [-0.2, -0.15) is 0 Å². The van der Waals surface area contributed by atoms with Crippen LogP contribution in [-0.4, -0.2) is 45.1 Å². The molecule has 174 valence electrons. The number of sulfonamides is 1.